The van der Waals surface area contributed by atoms with Crippen LogP contribution in [0.4, 0.5) is 17.6 Å². The van der Waals surface area contributed by atoms with Crippen LogP contribution < -0.4 is 15.9 Å². The van der Waals surface area contributed by atoms with Gasteiger partial charge in [0.15, 0.2) is 0 Å². The molecule has 0 amide bonds. The minimum atomic E-state index is -2.31. The number of nitrogens with two attached hydrogens (primary N) is 1. The summed E-state index contributed by atoms with van der Waals surface area (Å²) in [6.07, 6.45) is 4.24. The van der Waals surface area contributed by atoms with Crippen LogP contribution in [0.1, 0.15) is 5.56 Å². The van der Waals surface area contributed by atoms with Gasteiger partial charge in [-0.05, 0) is 55.6 Å². The highest BCUT2D eigenvalue weighted by Gasteiger charge is 2.16. The van der Waals surface area contributed by atoms with E-state index in [2.05, 4.69) is 32.1 Å². The van der Waals surface area contributed by atoms with E-state index in [0.29, 0.717) is 12.5 Å². The summed E-state index contributed by atoms with van der Waals surface area (Å²) in [5.74, 6) is 0.664. The number of H-pyrrole nitrogens is 1. The number of nitrogens with one attached hydrogen (secondary N) is 1. The van der Waals surface area contributed by atoms with Crippen molar-refractivity contribution in [2.24, 2.45) is 0 Å². The van der Waals surface area contributed by atoms with E-state index < -0.39 is 7.14 Å². The lowest BCUT2D eigenvalue weighted by Gasteiger charge is -2.23. The Morgan fingerprint density at radius 2 is 1.83 bits per heavy atom. The molecule has 0 spiro atoms. The highest BCUT2D eigenvalue weighted by atomic mass is 31.2. The smallest absolute Gasteiger partial charge is 0.234 e. The van der Waals surface area contributed by atoms with Crippen molar-refractivity contribution in [2.75, 3.05) is 30.5 Å². The zero-order chi connectivity index (χ0) is 20.4. The van der Waals surface area contributed by atoms with Gasteiger partial charge in [0, 0.05) is 34.6 Å². The zero-order valence-corrected chi connectivity index (χ0v) is 17.3. The molecule has 4 aromatic rings. The number of fused-ring (bicyclic) bond motifs is 1. The average Bonchev–Trinajstić information content (AvgIpc) is 3.11. The lowest BCUT2D eigenvalue weighted by atomic mass is 10.1. The molecule has 2 heterocycles. The van der Waals surface area contributed by atoms with Crippen LogP contribution in [0.2, 0.25) is 0 Å². The standard InChI is InChI=1S/C21H23N6OP/c1-29(2,28)17-9-7-16(8-10-17)27(21-25-14-24-20(22)26-21)12-11-15-13-23-19-6-4-3-5-18(15)19/h3-10,13-14,23H,11-12H2,1-2H3,(H2,22,24,25,26). The lowest BCUT2D eigenvalue weighted by Crippen LogP contribution is -2.23. The molecular formula is C21H23N6OP. The summed E-state index contributed by atoms with van der Waals surface area (Å²) in [4.78, 5) is 17.8. The first-order valence-electron chi connectivity index (χ1n) is 9.34. The molecule has 29 heavy (non-hydrogen) atoms. The minimum absolute atomic E-state index is 0.176. The van der Waals surface area contributed by atoms with Crippen LogP contribution >= 0.6 is 7.14 Å². The number of nitrogen functional groups attached to an aromatic ring is 1. The van der Waals surface area contributed by atoms with Crippen molar-refractivity contribution < 1.29 is 4.57 Å². The molecule has 0 bridgehead atoms. The number of hydrogen-bond donors (Lipinski definition) is 2. The van der Waals surface area contributed by atoms with Crippen LogP contribution in [0.3, 0.4) is 0 Å². The maximum absolute atomic E-state index is 12.4. The van der Waals surface area contributed by atoms with Crippen LogP contribution in [-0.2, 0) is 11.0 Å². The molecule has 0 atom stereocenters. The number of hydrogen-bond acceptors (Lipinski definition) is 6. The second-order valence-electron chi connectivity index (χ2n) is 7.27. The maximum Gasteiger partial charge on any atom is 0.234 e. The highest BCUT2D eigenvalue weighted by Crippen LogP contribution is 2.35. The summed E-state index contributed by atoms with van der Waals surface area (Å²) in [6, 6.07) is 15.9. The number of benzene rings is 2. The minimum Gasteiger partial charge on any atom is -0.368 e. The number of rotatable bonds is 6. The van der Waals surface area contributed by atoms with E-state index in [9.17, 15) is 4.57 Å². The predicted molar refractivity (Wildman–Crippen MR) is 119 cm³/mol. The van der Waals surface area contributed by atoms with Crippen molar-refractivity contribution >= 4 is 40.9 Å². The van der Waals surface area contributed by atoms with Crippen molar-refractivity contribution in [3.05, 3.63) is 66.6 Å². The van der Waals surface area contributed by atoms with Gasteiger partial charge in [0.2, 0.25) is 11.9 Å². The third kappa shape index (κ3) is 4.15. The van der Waals surface area contributed by atoms with Crippen molar-refractivity contribution in [3.63, 3.8) is 0 Å². The van der Waals surface area contributed by atoms with Crippen molar-refractivity contribution in [3.8, 4) is 0 Å². The van der Waals surface area contributed by atoms with Gasteiger partial charge >= 0.3 is 0 Å². The molecule has 0 fully saturated rings. The van der Waals surface area contributed by atoms with Gasteiger partial charge in [0.1, 0.15) is 13.5 Å². The number of aromatic amines is 1. The summed E-state index contributed by atoms with van der Waals surface area (Å²) in [5, 5.41) is 2.05. The predicted octanol–water partition coefficient (Wildman–Crippen LogP) is 3.56. The first-order valence-corrected chi connectivity index (χ1v) is 11.9. The highest BCUT2D eigenvalue weighted by molar-refractivity contribution is 7.70. The Morgan fingerprint density at radius 3 is 2.55 bits per heavy atom. The van der Waals surface area contributed by atoms with E-state index in [0.717, 1.165) is 22.9 Å². The van der Waals surface area contributed by atoms with Gasteiger partial charge in [-0.2, -0.15) is 4.98 Å². The van der Waals surface area contributed by atoms with Crippen molar-refractivity contribution in [1.82, 2.24) is 19.9 Å². The van der Waals surface area contributed by atoms with Crippen LogP contribution in [0.5, 0.6) is 0 Å². The second-order valence-corrected chi connectivity index (χ2v) is 10.5. The average molecular weight is 406 g/mol. The molecule has 0 unspecified atom stereocenters. The fraction of sp³-hybridized carbons (Fsp3) is 0.190. The lowest BCUT2D eigenvalue weighted by molar-refractivity contribution is 0.588. The molecule has 2 aromatic heterocycles. The van der Waals surface area contributed by atoms with E-state index in [-0.39, 0.29) is 5.95 Å². The van der Waals surface area contributed by atoms with Crippen LogP contribution in [0, 0.1) is 0 Å². The summed E-state index contributed by atoms with van der Waals surface area (Å²) in [7, 11) is -2.31. The molecule has 148 valence electrons. The summed E-state index contributed by atoms with van der Waals surface area (Å²) in [5.41, 5.74) is 9.03. The Hall–Kier alpha value is -3.18. The Morgan fingerprint density at radius 1 is 1.07 bits per heavy atom. The van der Waals surface area contributed by atoms with E-state index in [1.165, 1.54) is 17.3 Å². The number of anilines is 3. The fourth-order valence-electron chi connectivity index (χ4n) is 3.34. The summed E-state index contributed by atoms with van der Waals surface area (Å²) in [6.45, 7) is 4.19. The molecule has 0 aliphatic rings. The first kappa shape index (κ1) is 19.2. The van der Waals surface area contributed by atoms with E-state index in [1.54, 1.807) is 13.3 Å². The van der Waals surface area contributed by atoms with Gasteiger partial charge in [-0.3, -0.25) is 0 Å². The van der Waals surface area contributed by atoms with E-state index in [4.69, 9.17) is 5.73 Å². The summed E-state index contributed by atoms with van der Waals surface area (Å²) >= 11 is 0. The Labute approximate surface area is 169 Å². The van der Waals surface area contributed by atoms with Gasteiger partial charge in [-0.1, -0.05) is 18.2 Å². The Balaban J connectivity index is 1.66. The SMILES string of the molecule is CP(C)(=O)c1ccc(N(CCc2c[nH]c3ccccc23)c2ncnc(N)n2)cc1. The Kier molecular flexibility index (Phi) is 5.07. The molecule has 0 saturated carbocycles. The molecule has 0 saturated heterocycles. The van der Waals surface area contributed by atoms with Gasteiger partial charge < -0.3 is 20.2 Å². The molecule has 2 aromatic carbocycles. The van der Waals surface area contributed by atoms with Crippen molar-refractivity contribution in [2.45, 2.75) is 6.42 Å². The number of aromatic nitrogens is 4. The van der Waals surface area contributed by atoms with Crippen LogP contribution in [0.15, 0.2) is 61.1 Å². The zero-order valence-electron chi connectivity index (χ0n) is 16.4. The molecule has 4 rings (SSSR count). The number of nitrogens with zero attached hydrogens (tertiary/aromatic N) is 4. The van der Waals surface area contributed by atoms with Gasteiger partial charge in [0.25, 0.3) is 0 Å². The third-order valence-corrected chi connectivity index (χ3v) is 6.42. The number of para-hydroxylation sites is 1. The van der Waals surface area contributed by atoms with E-state index >= 15 is 0 Å². The molecule has 3 N–H and O–H groups in total. The monoisotopic (exact) mass is 406 g/mol. The van der Waals surface area contributed by atoms with Crippen molar-refractivity contribution in [1.29, 1.82) is 0 Å². The molecule has 0 aliphatic heterocycles. The van der Waals surface area contributed by atoms with Gasteiger partial charge in [-0.15, -0.1) is 0 Å². The largest absolute Gasteiger partial charge is 0.368 e. The summed E-state index contributed by atoms with van der Waals surface area (Å²) < 4.78 is 12.4. The Bertz CT molecular complexity index is 1180. The van der Waals surface area contributed by atoms with Gasteiger partial charge in [0.05, 0.1) is 0 Å². The second kappa shape index (κ2) is 7.68. The topological polar surface area (TPSA) is 101 Å². The molecule has 0 radical (unpaired) electrons. The first-order chi connectivity index (χ1) is 13.9. The fourth-order valence-corrected chi connectivity index (χ4v) is 4.20. The van der Waals surface area contributed by atoms with Crippen LogP contribution in [0.25, 0.3) is 10.9 Å². The maximum atomic E-state index is 12.4. The molecule has 0 aliphatic carbocycles. The quantitative estimate of drug-likeness (QED) is 0.475. The molecule has 8 heteroatoms. The van der Waals surface area contributed by atoms with Gasteiger partial charge in [-0.25, -0.2) is 9.97 Å². The van der Waals surface area contributed by atoms with E-state index in [1.807, 2.05) is 47.5 Å². The normalized spacial score (nSPS) is 11.7. The third-order valence-electron chi connectivity index (χ3n) is 4.88. The molecular weight excluding hydrogens is 383 g/mol. The molecule has 7 nitrogen and oxygen atoms in total. The van der Waals surface area contributed by atoms with Crippen LogP contribution in [-0.4, -0.2) is 39.8 Å².